The monoisotopic (exact) mass is 413 g/mol. The van der Waals surface area contributed by atoms with E-state index in [9.17, 15) is 19.6 Å². The number of aromatic nitrogens is 2. The number of rotatable bonds is 12. The van der Waals surface area contributed by atoms with Crippen LogP contribution in [0.1, 0.15) is 43.1 Å². The maximum absolute atomic E-state index is 12.4. The molecule has 0 spiro atoms. The van der Waals surface area contributed by atoms with Gasteiger partial charge in [-0.15, -0.1) is 0 Å². The summed E-state index contributed by atoms with van der Waals surface area (Å²) in [6.07, 6.45) is 6.86. The molecule has 2 rings (SSSR count). The summed E-state index contributed by atoms with van der Waals surface area (Å²) in [4.78, 5) is 43.8. The van der Waals surface area contributed by atoms with Gasteiger partial charge in [0.15, 0.2) is 0 Å². The molecule has 30 heavy (non-hydrogen) atoms. The van der Waals surface area contributed by atoms with Gasteiger partial charge in [-0.1, -0.05) is 32.3 Å². The van der Waals surface area contributed by atoms with E-state index < -0.39 is 11.8 Å². The molecule has 2 aromatic heterocycles. The molecular formula is C21H27N5O4. The Kier molecular flexibility index (Phi) is 9.39. The van der Waals surface area contributed by atoms with Gasteiger partial charge in [0.05, 0.1) is 24.8 Å². The second-order valence-corrected chi connectivity index (χ2v) is 6.79. The first-order chi connectivity index (χ1) is 14.5. The third-order valence-electron chi connectivity index (χ3n) is 4.51. The molecule has 0 fully saturated rings. The summed E-state index contributed by atoms with van der Waals surface area (Å²) < 4.78 is 0. The van der Waals surface area contributed by atoms with E-state index in [1.54, 1.807) is 36.7 Å². The number of nitrogens with zero attached hydrogens (tertiary/aromatic N) is 3. The van der Waals surface area contributed by atoms with Crippen LogP contribution in [0.3, 0.4) is 0 Å². The minimum atomic E-state index is -0.560. The summed E-state index contributed by atoms with van der Waals surface area (Å²) in [5, 5.41) is 15.1. The summed E-state index contributed by atoms with van der Waals surface area (Å²) in [5.41, 5.74) is 1.62. The molecule has 0 aliphatic rings. The molecular weight excluding hydrogens is 386 g/mol. The molecule has 2 aromatic rings. The second-order valence-electron chi connectivity index (χ2n) is 6.79. The van der Waals surface area contributed by atoms with Crippen LogP contribution in [0.2, 0.25) is 0 Å². The van der Waals surface area contributed by atoms with Crippen LogP contribution in [0, 0.1) is 5.92 Å². The lowest BCUT2D eigenvalue weighted by atomic mass is 10.0. The topological polar surface area (TPSA) is 125 Å². The molecule has 0 unspecified atom stereocenters. The quantitative estimate of drug-likeness (QED) is 0.161. The number of nitrogens with one attached hydrogen (secondary N) is 2. The summed E-state index contributed by atoms with van der Waals surface area (Å²) >= 11 is 0. The van der Waals surface area contributed by atoms with Crippen molar-refractivity contribution in [3.63, 3.8) is 0 Å². The molecule has 0 aromatic carbocycles. The Morgan fingerprint density at radius 2 is 2.03 bits per heavy atom. The largest absolute Gasteiger partial charge is 0.338 e. The van der Waals surface area contributed by atoms with Crippen molar-refractivity contribution in [1.29, 1.82) is 0 Å². The SMILES string of the molecule is CCCCC[C@H](CN(O)C=O)C(=O)NCNC(=O)c1cccc(-c2cccnc2)n1. The lowest BCUT2D eigenvalue weighted by Crippen LogP contribution is -2.43. The molecule has 0 radical (unpaired) electrons. The molecule has 0 saturated carbocycles. The van der Waals surface area contributed by atoms with Gasteiger partial charge in [-0.25, -0.2) is 10.0 Å². The van der Waals surface area contributed by atoms with Gasteiger partial charge >= 0.3 is 0 Å². The molecule has 3 N–H and O–H groups in total. The highest BCUT2D eigenvalue weighted by Gasteiger charge is 2.20. The minimum absolute atomic E-state index is 0.0900. The van der Waals surface area contributed by atoms with Crippen LogP contribution < -0.4 is 10.6 Å². The minimum Gasteiger partial charge on any atom is -0.338 e. The standard InChI is InChI=1S/C21H27N5O4/c1-2-3-4-7-17(13-26(30)15-27)20(28)23-14-24-21(29)19-10-5-9-18(25-19)16-8-6-11-22-12-16/h5-6,8-12,15,17,30H,2-4,7,13-14H2,1H3,(H,23,28)(H,24,29)/t17-/m1/s1. The first-order valence-corrected chi connectivity index (χ1v) is 9.89. The molecule has 0 aliphatic heterocycles. The highest BCUT2D eigenvalue weighted by molar-refractivity contribution is 5.93. The van der Waals surface area contributed by atoms with Crippen LogP contribution in [-0.4, -0.2) is 51.7 Å². The van der Waals surface area contributed by atoms with E-state index in [0.717, 1.165) is 24.8 Å². The number of unbranched alkanes of at least 4 members (excludes halogenated alkanes) is 2. The van der Waals surface area contributed by atoms with Crippen LogP contribution in [0.4, 0.5) is 0 Å². The Morgan fingerprint density at radius 1 is 1.20 bits per heavy atom. The van der Waals surface area contributed by atoms with E-state index in [1.165, 1.54) is 0 Å². The molecule has 9 heteroatoms. The van der Waals surface area contributed by atoms with E-state index >= 15 is 0 Å². The second kappa shape index (κ2) is 12.3. The van der Waals surface area contributed by atoms with Crippen molar-refractivity contribution < 1.29 is 19.6 Å². The lowest BCUT2D eigenvalue weighted by Gasteiger charge is -2.19. The highest BCUT2D eigenvalue weighted by atomic mass is 16.5. The Balaban J connectivity index is 1.90. The van der Waals surface area contributed by atoms with Gasteiger partial charge in [0.1, 0.15) is 5.69 Å². The van der Waals surface area contributed by atoms with E-state index in [4.69, 9.17) is 0 Å². The van der Waals surface area contributed by atoms with Gasteiger partial charge in [-0.2, -0.15) is 0 Å². The molecule has 0 bridgehead atoms. The lowest BCUT2D eigenvalue weighted by molar-refractivity contribution is -0.154. The number of pyridine rings is 2. The Labute approximate surface area is 175 Å². The number of carbonyl (C=O) groups excluding carboxylic acids is 3. The van der Waals surface area contributed by atoms with E-state index in [0.29, 0.717) is 17.2 Å². The first-order valence-electron chi connectivity index (χ1n) is 9.89. The van der Waals surface area contributed by atoms with E-state index in [1.807, 2.05) is 13.0 Å². The molecule has 3 amide bonds. The fourth-order valence-corrected chi connectivity index (χ4v) is 2.90. The summed E-state index contributed by atoms with van der Waals surface area (Å²) in [5.74, 6) is -1.33. The van der Waals surface area contributed by atoms with Crippen LogP contribution in [0.15, 0.2) is 42.7 Å². The Morgan fingerprint density at radius 3 is 2.73 bits per heavy atom. The highest BCUT2D eigenvalue weighted by Crippen LogP contribution is 2.15. The normalized spacial score (nSPS) is 11.4. The third kappa shape index (κ3) is 7.25. The fraction of sp³-hybridized carbons (Fsp3) is 0.381. The average Bonchev–Trinajstić information content (AvgIpc) is 2.78. The van der Waals surface area contributed by atoms with Crippen LogP contribution >= 0.6 is 0 Å². The Hall–Kier alpha value is -3.33. The van der Waals surface area contributed by atoms with Gasteiger partial charge in [-0.3, -0.25) is 24.6 Å². The zero-order valence-corrected chi connectivity index (χ0v) is 17.0. The van der Waals surface area contributed by atoms with Gasteiger partial charge in [0, 0.05) is 18.0 Å². The van der Waals surface area contributed by atoms with Gasteiger partial charge < -0.3 is 10.6 Å². The van der Waals surface area contributed by atoms with Crippen LogP contribution in [0.25, 0.3) is 11.3 Å². The van der Waals surface area contributed by atoms with Crippen LogP contribution in [-0.2, 0) is 9.59 Å². The average molecular weight is 413 g/mol. The summed E-state index contributed by atoms with van der Waals surface area (Å²) in [7, 11) is 0. The predicted molar refractivity (Wildman–Crippen MR) is 110 cm³/mol. The van der Waals surface area contributed by atoms with Crippen molar-refractivity contribution in [2.45, 2.75) is 32.6 Å². The van der Waals surface area contributed by atoms with Crippen molar-refractivity contribution in [3.05, 3.63) is 48.4 Å². The molecule has 0 aliphatic carbocycles. The number of hydrogen-bond donors (Lipinski definition) is 3. The van der Waals surface area contributed by atoms with Crippen molar-refractivity contribution in [2.75, 3.05) is 13.2 Å². The maximum atomic E-state index is 12.4. The van der Waals surface area contributed by atoms with Gasteiger partial charge in [0.25, 0.3) is 5.91 Å². The van der Waals surface area contributed by atoms with E-state index in [2.05, 4.69) is 20.6 Å². The molecule has 2 heterocycles. The van der Waals surface area contributed by atoms with Crippen molar-refractivity contribution in [1.82, 2.24) is 25.7 Å². The molecule has 0 saturated heterocycles. The Bertz CT molecular complexity index is 831. The smallest absolute Gasteiger partial charge is 0.271 e. The van der Waals surface area contributed by atoms with Crippen LogP contribution in [0.5, 0.6) is 0 Å². The number of carbonyl (C=O) groups is 3. The number of hydrogen-bond acceptors (Lipinski definition) is 6. The van der Waals surface area contributed by atoms with Crippen molar-refractivity contribution >= 4 is 18.2 Å². The van der Waals surface area contributed by atoms with Gasteiger partial charge in [-0.05, 0) is 30.7 Å². The third-order valence-corrected chi connectivity index (χ3v) is 4.51. The zero-order valence-electron chi connectivity index (χ0n) is 17.0. The van der Waals surface area contributed by atoms with Crippen molar-refractivity contribution in [2.24, 2.45) is 5.92 Å². The zero-order chi connectivity index (χ0) is 21.8. The summed E-state index contributed by atoms with van der Waals surface area (Å²) in [6, 6.07) is 8.72. The predicted octanol–water partition coefficient (Wildman–Crippen LogP) is 1.99. The van der Waals surface area contributed by atoms with Gasteiger partial charge in [0.2, 0.25) is 12.3 Å². The number of hydroxylamine groups is 2. The first kappa shape index (κ1) is 23.0. The molecule has 9 nitrogen and oxygen atoms in total. The molecule has 160 valence electrons. The number of amides is 3. The summed E-state index contributed by atoms with van der Waals surface area (Å²) in [6.45, 7) is 1.86. The fourth-order valence-electron chi connectivity index (χ4n) is 2.90. The molecule has 1 atom stereocenters. The maximum Gasteiger partial charge on any atom is 0.271 e. The van der Waals surface area contributed by atoms with Crippen molar-refractivity contribution in [3.8, 4) is 11.3 Å². The van der Waals surface area contributed by atoms with E-state index in [-0.39, 0.29) is 31.2 Å².